The van der Waals surface area contributed by atoms with Crippen LogP contribution in [-0.4, -0.2) is 4.57 Å². The standard InChI is InChI=1S/C60H46N2/c1-38-32-55-52-20-9-8-19-51(52)53-35-45-15-6-7-16-46(45)37-58(53)62-57-31-28-47(36-54(57)56(33-38)60(55)62)44-17-11-18-48(34-44)50-21-10-12-39(2)59(50)61-49-29-26-43(27-30-49)42-24-22-41(23-25-42)40-13-4-3-5-14-40/h3-11,13-32,34-39,61H,12,33H2,1-2H3. The summed E-state index contributed by atoms with van der Waals surface area (Å²) < 4.78 is 2.58. The van der Waals surface area contributed by atoms with Crippen LogP contribution in [0.5, 0.6) is 0 Å². The monoisotopic (exact) mass is 794 g/mol. The minimum absolute atomic E-state index is 0.361. The van der Waals surface area contributed by atoms with Crippen molar-refractivity contribution in [3.8, 4) is 50.2 Å². The Bertz CT molecular complexity index is 3320. The number of nitrogens with zero attached hydrogens (tertiary/aromatic N) is 1. The Balaban J connectivity index is 0.911. The van der Waals surface area contributed by atoms with Crippen LogP contribution >= 0.6 is 0 Å². The first-order valence-corrected chi connectivity index (χ1v) is 22.1. The molecular weight excluding hydrogens is 749 g/mol. The number of hydrogen-bond acceptors (Lipinski definition) is 1. The van der Waals surface area contributed by atoms with E-state index < -0.39 is 0 Å². The third-order valence-electron chi connectivity index (χ3n) is 13.5. The third kappa shape index (κ3) is 6.09. The Morgan fingerprint density at radius 3 is 1.90 bits per heavy atom. The molecule has 0 fully saturated rings. The summed E-state index contributed by atoms with van der Waals surface area (Å²) in [5.74, 6) is 0.789. The maximum atomic E-state index is 3.88. The summed E-state index contributed by atoms with van der Waals surface area (Å²) in [6.45, 7) is 4.70. The fourth-order valence-corrected chi connectivity index (χ4v) is 10.4. The Morgan fingerprint density at radius 1 is 0.516 bits per heavy atom. The molecule has 2 nitrogen and oxygen atoms in total. The average Bonchev–Trinajstić information content (AvgIpc) is 3.59. The molecule has 62 heavy (non-hydrogen) atoms. The van der Waals surface area contributed by atoms with Crippen molar-refractivity contribution in [1.82, 2.24) is 4.57 Å². The van der Waals surface area contributed by atoms with Crippen molar-refractivity contribution in [1.29, 1.82) is 0 Å². The van der Waals surface area contributed by atoms with Crippen molar-refractivity contribution >= 4 is 38.5 Å². The van der Waals surface area contributed by atoms with Gasteiger partial charge in [-0.05, 0) is 128 Å². The Morgan fingerprint density at radius 2 is 1.13 bits per heavy atom. The lowest BCUT2D eigenvalue weighted by molar-refractivity contribution is 0.695. The van der Waals surface area contributed by atoms with Crippen LogP contribution in [0.3, 0.4) is 0 Å². The van der Waals surface area contributed by atoms with Gasteiger partial charge < -0.3 is 9.88 Å². The number of hydrogen-bond donors (Lipinski definition) is 1. The zero-order valence-corrected chi connectivity index (χ0v) is 35.1. The molecule has 0 amide bonds. The van der Waals surface area contributed by atoms with E-state index in [0.717, 1.165) is 18.5 Å². The Hall–Kier alpha value is -7.42. The summed E-state index contributed by atoms with van der Waals surface area (Å²) >= 11 is 0. The predicted molar refractivity (Wildman–Crippen MR) is 262 cm³/mol. The third-order valence-corrected chi connectivity index (χ3v) is 13.5. The van der Waals surface area contributed by atoms with E-state index in [2.05, 4.69) is 224 Å². The van der Waals surface area contributed by atoms with Gasteiger partial charge in [0.2, 0.25) is 0 Å². The number of allylic oxidation sites excluding steroid dienone is 5. The number of aromatic nitrogens is 1. The van der Waals surface area contributed by atoms with Gasteiger partial charge in [0.1, 0.15) is 0 Å². The maximum Gasteiger partial charge on any atom is 0.0576 e. The van der Waals surface area contributed by atoms with Crippen LogP contribution in [0.4, 0.5) is 5.69 Å². The van der Waals surface area contributed by atoms with E-state index in [1.807, 2.05) is 0 Å². The summed E-state index contributed by atoms with van der Waals surface area (Å²) in [6.07, 6.45) is 9.19. The molecule has 0 saturated carbocycles. The largest absolute Gasteiger partial charge is 0.358 e. The normalized spacial score (nSPS) is 16.4. The van der Waals surface area contributed by atoms with Gasteiger partial charge in [-0.25, -0.2) is 0 Å². The number of nitrogens with one attached hydrogen (secondary N) is 1. The lowest BCUT2D eigenvalue weighted by Crippen LogP contribution is -2.13. The first-order valence-electron chi connectivity index (χ1n) is 22.1. The highest BCUT2D eigenvalue weighted by atomic mass is 15.0. The van der Waals surface area contributed by atoms with E-state index in [1.165, 1.54) is 111 Å². The molecule has 2 atom stereocenters. The van der Waals surface area contributed by atoms with Gasteiger partial charge in [0, 0.05) is 39.4 Å². The number of anilines is 1. The van der Waals surface area contributed by atoms with E-state index in [9.17, 15) is 0 Å². The van der Waals surface area contributed by atoms with E-state index in [0.29, 0.717) is 11.8 Å². The van der Waals surface area contributed by atoms with Crippen LogP contribution in [0, 0.1) is 11.8 Å². The van der Waals surface area contributed by atoms with E-state index in [1.54, 1.807) is 0 Å². The van der Waals surface area contributed by atoms with Gasteiger partial charge in [-0.2, -0.15) is 0 Å². The van der Waals surface area contributed by atoms with Gasteiger partial charge in [0.05, 0.1) is 16.9 Å². The van der Waals surface area contributed by atoms with Crippen molar-refractivity contribution in [3.05, 3.63) is 228 Å². The van der Waals surface area contributed by atoms with Crippen LogP contribution < -0.4 is 5.32 Å². The Kier molecular flexibility index (Phi) is 8.60. The highest BCUT2D eigenvalue weighted by molar-refractivity contribution is 6.05. The summed E-state index contributed by atoms with van der Waals surface area (Å²) in [5, 5.41) is 7.76. The molecule has 0 saturated heterocycles. The fourth-order valence-electron chi connectivity index (χ4n) is 10.4. The molecule has 2 heteroatoms. The molecule has 296 valence electrons. The minimum Gasteiger partial charge on any atom is -0.358 e. The molecule has 0 bridgehead atoms. The van der Waals surface area contributed by atoms with Crippen LogP contribution in [0.1, 0.15) is 42.7 Å². The lowest BCUT2D eigenvalue weighted by atomic mass is 9.83. The van der Waals surface area contributed by atoms with Gasteiger partial charge in [0.15, 0.2) is 0 Å². The van der Waals surface area contributed by atoms with Crippen molar-refractivity contribution in [3.63, 3.8) is 0 Å². The summed E-state index contributed by atoms with van der Waals surface area (Å²) in [5.41, 5.74) is 22.8. The molecule has 8 aromatic carbocycles. The molecule has 3 aliphatic rings. The maximum absolute atomic E-state index is 3.88. The van der Waals surface area contributed by atoms with Crippen molar-refractivity contribution < 1.29 is 0 Å². The molecule has 2 aliphatic carbocycles. The second-order valence-corrected chi connectivity index (χ2v) is 17.5. The van der Waals surface area contributed by atoms with E-state index >= 15 is 0 Å². The van der Waals surface area contributed by atoms with Crippen LogP contribution in [0.25, 0.3) is 83.0 Å². The fraction of sp³-hybridized carbons (Fsp3) is 0.100. The zero-order chi connectivity index (χ0) is 41.3. The number of benzene rings is 8. The summed E-state index contributed by atoms with van der Waals surface area (Å²) in [4.78, 5) is 0. The van der Waals surface area contributed by atoms with Crippen molar-refractivity contribution in [2.24, 2.45) is 11.8 Å². The number of fused-ring (bicyclic) bond motifs is 9. The second-order valence-electron chi connectivity index (χ2n) is 17.5. The zero-order valence-electron chi connectivity index (χ0n) is 35.1. The van der Waals surface area contributed by atoms with E-state index in [4.69, 9.17) is 0 Å². The van der Waals surface area contributed by atoms with Crippen LogP contribution in [0.2, 0.25) is 0 Å². The molecule has 2 heterocycles. The van der Waals surface area contributed by atoms with E-state index in [-0.39, 0.29) is 0 Å². The second kappa shape index (κ2) is 14.6. The average molecular weight is 795 g/mol. The minimum atomic E-state index is 0.361. The first-order chi connectivity index (χ1) is 30.5. The van der Waals surface area contributed by atoms with Crippen LogP contribution in [0.15, 0.2) is 206 Å². The van der Waals surface area contributed by atoms with Crippen molar-refractivity contribution in [2.75, 3.05) is 5.32 Å². The SMILES string of the molecule is CC1C=C2c3ccccc3-c3cc4ccccc4cc3-n3c2c(c2cc(-c4cccc(C5=C(Nc6ccc(-c7ccc(-c8ccccc8)cc7)cc6)C(C)CC=C5)c4)ccc23)C1. The molecule has 0 radical (unpaired) electrons. The molecule has 9 aromatic rings. The summed E-state index contributed by atoms with van der Waals surface area (Å²) in [7, 11) is 0. The topological polar surface area (TPSA) is 17.0 Å². The quantitative estimate of drug-likeness (QED) is 0.177. The predicted octanol–water partition coefficient (Wildman–Crippen LogP) is 15.8. The Labute approximate surface area is 363 Å². The molecule has 0 spiro atoms. The molecule has 1 aliphatic heterocycles. The highest BCUT2D eigenvalue weighted by Gasteiger charge is 2.32. The van der Waals surface area contributed by atoms with Gasteiger partial charge >= 0.3 is 0 Å². The molecule has 12 rings (SSSR count). The highest BCUT2D eigenvalue weighted by Crippen LogP contribution is 2.49. The van der Waals surface area contributed by atoms with Gasteiger partial charge in [-0.1, -0.05) is 172 Å². The van der Waals surface area contributed by atoms with Crippen LogP contribution in [-0.2, 0) is 6.42 Å². The van der Waals surface area contributed by atoms with Gasteiger partial charge in [0.25, 0.3) is 0 Å². The molecule has 2 unspecified atom stereocenters. The van der Waals surface area contributed by atoms with Crippen molar-refractivity contribution in [2.45, 2.75) is 26.7 Å². The molecular formula is C60H46N2. The summed E-state index contributed by atoms with van der Waals surface area (Å²) in [6, 6.07) is 67.3. The van der Waals surface area contributed by atoms with Gasteiger partial charge in [-0.3, -0.25) is 0 Å². The van der Waals surface area contributed by atoms with Gasteiger partial charge in [-0.15, -0.1) is 0 Å². The molecule has 1 N–H and O–H groups in total. The molecule has 1 aromatic heterocycles. The first kappa shape index (κ1) is 36.4. The lowest BCUT2D eigenvalue weighted by Gasteiger charge is -2.24. The smallest absolute Gasteiger partial charge is 0.0576 e. The number of rotatable bonds is 6.